The van der Waals surface area contributed by atoms with E-state index in [2.05, 4.69) is 5.32 Å². The van der Waals surface area contributed by atoms with Gasteiger partial charge in [0.15, 0.2) is 0 Å². The van der Waals surface area contributed by atoms with Crippen LogP contribution in [-0.2, 0) is 16.4 Å². The number of carbonyl (C=O) groups excluding carboxylic acids is 1. The fourth-order valence-electron chi connectivity index (χ4n) is 3.04. The van der Waals surface area contributed by atoms with E-state index in [0.29, 0.717) is 33.4 Å². The molecule has 1 N–H and O–H groups in total. The second kappa shape index (κ2) is 6.52. The van der Waals surface area contributed by atoms with Crippen LogP contribution in [0.4, 0.5) is 11.4 Å². The molecule has 0 spiro atoms. The van der Waals surface area contributed by atoms with E-state index >= 15 is 0 Å². The van der Waals surface area contributed by atoms with Gasteiger partial charge in [0.05, 0.1) is 22.7 Å². The molecular weight excluding hydrogens is 383 g/mol. The summed E-state index contributed by atoms with van der Waals surface area (Å²) in [6, 6.07) is 9.61. The van der Waals surface area contributed by atoms with Gasteiger partial charge in [-0.15, -0.1) is 0 Å². The van der Waals surface area contributed by atoms with Gasteiger partial charge < -0.3 is 5.32 Å². The lowest BCUT2D eigenvalue weighted by Crippen LogP contribution is -2.34. The Bertz CT molecular complexity index is 960. The first-order valence-electron chi connectivity index (χ1n) is 7.55. The van der Waals surface area contributed by atoms with Gasteiger partial charge in [0, 0.05) is 16.6 Å². The lowest BCUT2D eigenvalue weighted by molar-refractivity contribution is 0.102. The molecule has 1 heterocycles. The molecule has 0 radical (unpaired) electrons. The Morgan fingerprint density at radius 3 is 2.60 bits per heavy atom. The van der Waals surface area contributed by atoms with Crippen LogP contribution in [0.15, 0.2) is 36.4 Å². The van der Waals surface area contributed by atoms with Gasteiger partial charge in [0.25, 0.3) is 5.91 Å². The highest BCUT2D eigenvalue weighted by Crippen LogP contribution is 2.35. The zero-order valence-electron chi connectivity index (χ0n) is 13.6. The number of anilines is 2. The number of halogens is 2. The van der Waals surface area contributed by atoms with Crippen LogP contribution < -0.4 is 9.62 Å². The molecule has 1 aliphatic heterocycles. The van der Waals surface area contributed by atoms with Crippen molar-refractivity contribution in [1.29, 1.82) is 0 Å². The maximum Gasteiger partial charge on any atom is 0.255 e. The highest BCUT2D eigenvalue weighted by Gasteiger charge is 2.32. The van der Waals surface area contributed by atoms with Crippen LogP contribution in [0.2, 0.25) is 10.0 Å². The molecule has 1 amide bonds. The Morgan fingerprint density at radius 1 is 1.20 bits per heavy atom. The molecular formula is C17H16Cl2N2O3S. The van der Waals surface area contributed by atoms with E-state index < -0.39 is 10.0 Å². The Morgan fingerprint density at radius 2 is 1.92 bits per heavy atom. The van der Waals surface area contributed by atoms with Crippen molar-refractivity contribution in [3.05, 3.63) is 57.6 Å². The van der Waals surface area contributed by atoms with Crippen molar-refractivity contribution in [3.8, 4) is 0 Å². The zero-order chi connectivity index (χ0) is 18.4. The van der Waals surface area contributed by atoms with Crippen molar-refractivity contribution in [2.75, 3.05) is 15.9 Å². The molecule has 0 aliphatic carbocycles. The molecule has 0 saturated carbocycles. The minimum Gasteiger partial charge on any atom is -0.321 e. The number of fused-ring (bicyclic) bond motifs is 1. The third-order valence-corrected chi connectivity index (χ3v) is 5.86. The van der Waals surface area contributed by atoms with E-state index in [9.17, 15) is 13.2 Å². The van der Waals surface area contributed by atoms with E-state index in [1.54, 1.807) is 36.4 Å². The summed E-state index contributed by atoms with van der Waals surface area (Å²) in [5.41, 5.74) is 2.29. The first-order chi connectivity index (χ1) is 11.7. The fourth-order valence-corrected chi connectivity index (χ4v) is 4.64. The predicted octanol–water partition coefficient (Wildman–Crippen LogP) is 3.96. The van der Waals surface area contributed by atoms with Gasteiger partial charge in [-0.3, -0.25) is 9.10 Å². The molecule has 5 nitrogen and oxygen atoms in total. The Kier molecular flexibility index (Phi) is 4.70. The number of nitrogens with zero attached hydrogens (tertiary/aromatic N) is 1. The molecule has 0 aromatic heterocycles. The van der Waals surface area contributed by atoms with Crippen LogP contribution in [0.5, 0.6) is 0 Å². The number of amides is 1. The molecule has 1 aliphatic rings. The molecule has 25 heavy (non-hydrogen) atoms. The highest BCUT2D eigenvalue weighted by atomic mass is 35.5. The van der Waals surface area contributed by atoms with Crippen LogP contribution in [0.3, 0.4) is 0 Å². The van der Waals surface area contributed by atoms with Gasteiger partial charge in [0.1, 0.15) is 0 Å². The number of rotatable bonds is 3. The van der Waals surface area contributed by atoms with Crippen molar-refractivity contribution >= 4 is 50.5 Å². The Hall–Kier alpha value is -1.76. The average Bonchev–Trinajstić information content (AvgIpc) is 2.85. The van der Waals surface area contributed by atoms with Crippen molar-refractivity contribution in [2.24, 2.45) is 0 Å². The Labute approximate surface area is 156 Å². The summed E-state index contributed by atoms with van der Waals surface area (Å²) in [6.07, 6.45) is 1.74. The van der Waals surface area contributed by atoms with Crippen LogP contribution in [-0.4, -0.2) is 26.6 Å². The van der Waals surface area contributed by atoms with E-state index in [-0.39, 0.29) is 11.9 Å². The topological polar surface area (TPSA) is 66.5 Å². The predicted molar refractivity (Wildman–Crippen MR) is 101 cm³/mol. The average molecular weight is 399 g/mol. The number of benzene rings is 2. The smallest absolute Gasteiger partial charge is 0.255 e. The first kappa shape index (κ1) is 18.0. The summed E-state index contributed by atoms with van der Waals surface area (Å²) in [5.74, 6) is -0.336. The van der Waals surface area contributed by atoms with Crippen LogP contribution in [0, 0.1) is 0 Å². The van der Waals surface area contributed by atoms with E-state index in [4.69, 9.17) is 23.2 Å². The van der Waals surface area contributed by atoms with Crippen molar-refractivity contribution in [2.45, 2.75) is 19.4 Å². The molecule has 1 atom stereocenters. The number of hydrogen-bond donors (Lipinski definition) is 1. The van der Waals surface area contributed by atoms with Crippen molar-refractivity contribution in [3.63, 3.8) is 0 Å². The van der Waals surface area contributed by atoms with E-state index in [1.165, 1.54) is 10.6 Å². The maximum absolute atomic E-state index is 12.5. The standard InChI is InChI=1S/C17H16Cl2N2O3S/c1-10-7-12-8-11(3-6-16(12)21(10)25(2,23)24)17(22)20-15-9-13(18)4-5-14(15)19/h3-6,8-10H,7H2,1-2H3,(H,20,22)/t10-/m0/s1. The molecule has 2 aromatic carbocycles. The lowest BCUT2D eigenvalue weighted by Gasteiger charge is -2.21. The Balaban J connectivity index is 1.89. The molecule has 0 fully saturated rings. The van der Waals surface area contributed by atoms with Gasteiger partial charge in [-0.2, -0.15) is 0 Å². The number of nitrogens with one attached hydrogen (secondary N) is 1. The molecule has 0 unspecified atom stereocenters. The maximum atomic E-state index is 12.5. The zero-order valence-corrected chi connectivity index (χ0v) is 15.9. The summed E-state index contributed by atoms with van der Waals surface area (Å²) in [5, 5.41) is 3.57. The summed E-state index contributed by atoms with van der Waals surface area (Å²) >= 11 is 12.0. The van der Waals surface area contributed by atoms with E-state index in [1.807, 2.05) is 6.92 Å². The molecule has 0 saturated heterocycles. The summed E-state index contributed by atoms with van der Waals surface area (Å²) in [7, 11) is -3.36. The SMILES string of the molecule is C[C@H]1Cc2cc(C(=O)Nc3cc(Cl)ccc3Cl)ccc2N1S(C)(=O)=O. The molecule has 3 rings (SSSR count). The second-order valence-corrected chi connectivity index (χ2v) is 8.74. The fraction of sp³-hybridized carbons (Fsp3) is 0.235. The van der Waals surface area contributed by atoms with E-state index in [0.717, 1.165) is 5.56 Å². The number of carbonyl (C=O) groups is 1. The quantitative estimate of drug-likeness (QED) is 0.850. The molecule has 0 bridgehead atoms. The number of sulfonamides is 1. The van der Waals surface area contributed by atoms with Crippen LogP contribution >= 0.6 is 23.2 Å². The van der Waals surface area contributed by atoms with Gasteiger partial charge >= 0.3 is 0 Å². The van der Waals surface area contributed by atoms with Crippen molar-refractivity contribution < 1.29 is 13.2 Å². The van der Waals surface area contributed by atoms with Crippen LogP contribution in [0.25, 0.3) is 0 Å². The third kappa shape index (κ3) is 3.61. The first-order valence-corrected chi connectivity index (χ1v) is 10.2. The minimum absolute atomic E-state index is 0.175. The summed E-state index contributed by atoms with van der Waals surface area (Å²) in [6.45, 7) is 1.84. The summed E-state index contributed by atoms with van der Waals surface area (Å²) in [4.78, 5) is 12.5. The minimum atomic E-state index is -3.36. The van der Waals surface area contributed by atoms with Gasteiger partial charge in [0.2, 0.25) is 10.0 Å². The molecule has 132 valence electrons. The lowest BCUT2D eigenvalue weighted by atomic mass is 10.1. The van der Waals surface area contributed by atoms with Gasteiger partial charge in [-0.1, -0.05) is 23.2 Å². The third-order valence-electron chi connectivity index (χ3n) is 4.03. The second-order valence-electron chi connectivity index (χ2n) is 6.03. The number of hydrogen-bond acceptors (Lipinski definition) is 3. The molecule has 2 aromatic rings. The summed E-state index contributed by atoms with van der Waals surface area (Å²) < 4.78 is 25.3. The normalized spacial score (nSPS) is 16.6. The van der Waals surface area contributed by atoms with Crippen molar-refractivity contribution in [1.82, 2.24) is 0 Å². The monoisotopic (exact) mass is 398 g/mol. The largest absolute Gasteiger partial charge is 0.321 e. The van der Waals surface area contributed by atoms with Crippen LogP contribution in [0.1, 0.15) is 22.8 Å². The highest BCUT2D eigenvalue weighted by molar-refractivity contribution is 7.92. The van der Waals surface area contributed by atoms with Gasteiger partial charge in [-0.25, -0.2) is 8.42 Å². The van der Waals surface area contributed by atoms with Gasteiger partial charge in [-0.05, 0) is 55.3 Å². The molecule has 8 heteroatoms.